The van der Waals surface area contributed by atoms with Gasteiger partial charge in [0.2, 0.25) is 0 Å². The monoisotopic (exact) mass is 347 g/mol. The second-order valence-electron chi connectivity index (χ2n) is 5.64. The molecule has 132 valence electrons. The summed E-state index contributed by atoms with van der Waals surface area (Å²) in [6, 6.07) is 3.81. The highest BCUT2D eigenvalue weighted by Crippen LogP contribution is 2.24. The van der Waals surface area contributed by atoms with Gasteiger partial charge in [0.1, 0.15) is 23.9 Å². The fourth-order valence-corrected chi connectivity index (χ4v) is 2.38. The van der Waals surface area contributed by atoms with E-state index in [2.05, 4.69) is 15.4 Å². The van der Waals surface area contributed by atoms with Crippen molar-refractivity contribution >= 4 is 17.6 Å². The molecule has 0 radical (unpaired) electrons. The molecule has 0 aliphatic rings. The van der Waals surface area contributed by atoms with E-state index < -0.39 is 22.3 Å². The normalized spacial score (nSPS) is 13.0. The summed E-state index contributed by atoms with van der Waals surface area (Å²) in [5.74, 6) is -1.87. The Labute approximate surface area is 142 Å². The maximum atomic E-state index is 12.4. The highest BCUT2D eigenvalue weighted by atomic mass is 16.6. The molecule has 0 saturated heterocycles. The van der Waals surface area contributed by atoms with Crippen LogP contribution in [0.15, 0.2) is 30.9 Å². The average Bonchev–Trinajstić information content (AvgIpc) is 3.08. The molecule has 0 fully saturated rings. The number of carboxylic acids is 1. The second kappa shape index (κ2) is 7.07. The van der Waals surface area contributed by atoms with Crippen LogP contribution in [-0.2, 0) is 4.79 Å². The average molecular weight is 347 g/mol. The number of aliphatic carboxylic acids is 1. The number of nitrogens with zero attached hydrogens (tertiary/aromatic N) is 4. The van der Waals surface area contributed by atoms with E-state index in [0.717, 1.165) is 6.07 Å². The lowest BCUT2D eigenvalue weighted by molar-refractivity contribution is -0.384. The third-order valence-electron chi connectivity index (χ3n) is 3.71. The van der Waals surface area contributed by atoms with Gasteiger partial charge in [-0.05, 0) is 25.5 Å². The number of hydrogen-bond acceptors (Lipinski definition) is 6. The summed E-state index contributed by atoms with van der Waals surface area (Å²) < 4.78 is 1.21. The van der Waals surface area contributed by atoms with Crippen molar-refractivity contribution < 1.29 is 19.6 Å². The number of benzene rings is 1. The number of rotatable bonds is 7. The first-order chi connectivity index (χ1) is 11.8. The Morgan fingerprint density at radius 2 is 2.16 bits per heavy atom. The van der Waals surface area contributed by atoms with Gasteiger partial charge in [-0.25, -0.2) is 14.5 Å². The third-order valence-corrected chi connectivity index (χ3v) is 3.71. The van der Waals surface area contributed by atoms with E-state index in [0.29, 0.717) is 6.42 Å². The van der Waals surface area contributed by atoms with Crippen molar-refractivity contribution in [3.8, 4) is 5.69 Å². The molecule has 0 aliphatic heterocycles. The van der Waals surface area contributed by atoms with Gasteiger partial charge in [0, 0.05) is 11.6 Å². The zero-order valence-corrected chi connectivity index (χ0v) is 13.7. The van der Waals surface area contributed by atoms with Crippen LogP contribution < -0.4 is 5.32 Å². The van der Waals surface area contributed by atoms with Crippen LogP contribution in [-0.4, -0.2) is 42.2 Å². The number of carboxylic acid groups (broad SMARTS) is 1. The number of aromatic nitrogens is 3. The topological polar surface area (TPSA) is 140 Å². The van der Waals surface area contributed by atoms with E-state index >= 15 is 0 Å². The van der Waals surface area contributed by atoms with Gasteiger partial charge in [-0.1, -0.05) is 13.3 Å². The standard InChI is InChI=1S/C15H17N5O5/c1-3-6-15(2,14(22)23)18-13(21)10-4-5-11(12(7-10)20(24)25)19-9-16-8-17-19/h4-5,7-9H,3,6H2,1-2H3,(H,18,21)(H,22,23). The summed E-state index contributed by atoms with van der Waals surface area (Å²) in [7, 11) is 0. The molecule has 10 heteroatoms. The molecule has 10 nitrogen and oxygen atoms in total. The minimum atomic E-state index is -1.45. The van der Waals surface area contributed by atoms with Crippen LogP contribution in [0.5, 0.6) is 0 Å². The number of hydrogen-bond donors (Lipinski definition) is 2. The number of carbonyl (C=O) groups excluding carboxylic acids is 1. The Hall–Kier alpha value is -3.30. The molecule has 1 heterocycles. The van der Waals surface area contributed by atoms with Gasteiger partial charge in [-0.15, -0.1) is 0 Å². The minimum Gasteiger partial charge on any atom is -0.480 e. The summed E-state index contributed by atoms with van der Waals surface area (Å²) in [6.07, 6.45) is 3.31. The van der Waals surface area contributed by atoms with E-state index in [9.17, 15) is 24.8 Å². The number of nitro groups is 1. The van der Waals surface area contributed by atoms with Crippen molar-refractivity contribution in [2.75, 3.05) is 0 Å². The second-order valence-corrected chi connectivity index (χ2v) is 5.64. The van der Waals surface area contributed by atoms with Crippen LogP contribution >= 0.6 is 0 Å². The fourth-order valence-electron chi connectivity index (χ4n) is 2.38. The first kappa shape index (κ1) is 18.0. The zero-order valence-electron chi connectivity index (χ0n) is 13.7. The lowest BCUT2D eigenvalue weighted by Crippen LogP contribution is -2.52. The zero-order chi connectivity index (χ0) is 18.6. The van der Waals surface area contributed by atoms with E-state index in [-0.39, 0.29) is 23.4 Å². The van der Waals surface area contributed by atoms with E-state index in [4.69, 9.17) is 0 Å². The van der Waals surface area contributed by atoms with Crippen LogP contribution in [0.3, 0.4) is 0 Å². The molecule has 0 spiro atoms. The van der Waals surface area contributed by atoms with Crippen molar-refractivity contribution in [1.29, 1.82) is 0 Å². The minimum absolute atomic E-state index is 0.0147. The lowest BCUT2D eigenvalue weighted by Gasteiger charge is -2.25. The van der Waals surface area contributed by atoms with Gasteiger partial charge in [0.05, 0.1) is 4.92 Å². The Morgan fingerprint density at radius 3 is 2.68 bits per heavy atom. The predicted molar refractivity (Wildman–Crippen MR) is 86.4 cm³/mol. The molecule has 0 bridgehead atoms. The number of nitrogens with one attached hydrogen (secondary N) is 1. The van der Waals surface area contributed by atoms with E-state index in [1.807, 2.05) is 0 Å². The summed E-state index contributed by atoms with van der Waals surface area (Å²) in [6.45, 7) is 3.19. The molecule has 25 heavy (non-hydrogen) atoms. The SMILES string of the molecule is CCCC(C)(NC(=O)c1ccc(-n2cncn2)c([N+](=O)[O-])c1)C(=O)O. The third kappa shape index (κ3) is 3.79. The number of nitro benzene ring substituents is 1. The van der Waals surface area contributed by atoms with Gasteiger partial charge in [-0.2, -0.15) is 5.10 Å². The number of carbonyl (C=O) groups is 2. The summed E-state index contributed by atoms with van der Waals surface area (Å²) in [5.41, 5.74) is -1.66. The number of amides is 1. The van der Waals surface area contributed by atoms with Gasteiger partial charge in [-0.3, -0.25) is 14.9 Å². The van der Waals surface area contributed by atoms with Crippen molar-refractivity contribution in [2.45, 2.75) is 32.2 Å². The highest BCUT2D eigenvalue weighted by Gasteiger charge is 2.34. The maximum Gasteiger partial charge on any atom is 0.329 e. The summed E-state index contributed by atoms with van der Waals surface area (Å²) in [4.78, 5) is 38.2. The maximum absolute atomic E-state index is 12.4. The molecule has 2 aromatic rings. The molecule has 0 aliphatic carbocycles. The molecule has 0 saturated carbocycles. The molecule has 2 rings (SSSR count). The highest BCUT2D eigenvalue weighted by molar-refractivity contribution is 5.98. The Morgan fingerprint density at radius 1 is 1.44 bits per heavy atom. The molecule has 1 aromatic carbocycles. The van der Waals surface area contributed by atoms with Crippen molar-refractivity contribution in [1.82, 2.24) is 20.1 Å². The molecule has 2 N–H and O–H groups in total. The van der Waals surface area contributed by atoms with Gasteiger partial charge in [0.15, 0.2) is 0 Å². The first-order valence-electron chi connectivity index (χ1n) is 7.48. The molecular formula is C15H17N5O5. The molecular weight excluding hydrogens is 330 g/mol. The molecule has 1 amide bonds. The van der Waals surface area contributed by atoms with Crippen LogP contribution in [0, 0.1) is 10.1 Å². The molecule has 1 unspecified atom stereocenters. The van der Waals surface area contributed by atoms with Gasteiger partial charge in [0.25, 0.3) is 11.6 Å². The van der Waals surface area contributed by atoms with Crippen LogP contribution in [0.4, 0.5) is 5.69 Å². The van der Waals surface area contributed by atoms with Crippen LogP contribution in [0.1, 0.15) is 37.0 Å². The smallest absolute Gasteiger partial charge is 0.329 e. The Bertz CT molecular complexity index is 805. The quantitative estimate of drug-likeness (QED) is 0.572. The predicted octanol–water partition coefficient (Wildman–Crippen LogP) is 1.55. The van der Waals surface area contributed by atoms with Crippen LogP contribution in [0.25, 0.3) is 5.69 Å². The molecule has 1 atom stereocenters. The van der Waals surface area contributed by atoms with E-state index in [1.165, 1.54) is 36.4 Å². The van der Waals surface area contributed by atoms with Crippen molar-refractivity contribution in [3.63, 3.8) is 0 Å². The first-order valence-corrected chi connectivity index (χ1v) is 7.48. The summed E-state index contributed by atoms with van der Waals surface area (Å²) in [5, 5.41) is 26.9. The largest absolute Gasteiger partial charge is 0.480 e. The Kier molecular flexibility index (Phi) is 5.11. The van der Waals surface area contributed by atoms with Crippen molar-refractivity contribution in [3.05, 3.63) is 46.5 Å². The fraction of sp³-hybridized carbons (Fsp3) is 0.333. The van der Waals surface area contributed by atoms with Crippen LogP contribution in [0.2, 0.25) is 0 Å². The van der Waals surface area contributed by atoms with E-state index in [1.54, 1.807) is 6.92 Å². The Balaban J connectivity index is 2.36. The molecule has 1 aromatic heterocycles. The summed E-state index contributed by atoms with van der Waals surface area (Å²) >= 11 is 0. The lowest BCUT2D eigenvalue weighted by atomic mass is 9.95. The van der Waals surface area contributed by atoms with Gasteiger partial charge >= 0.3 is 5.97 Å². The van der Waals surface area contributed by atoms with Crippen molar-refractivity contribution in [2.24, 2.45) is 0 Å². The van der Waals surface area contributed by atoms with Gasteiger partial charge < -0.3 is 10.4 Å².